The summed E-state index contributed by atoms with van der Waals surface area (Å²) in [5, 5.41) is 57.7. The van der Waals surface area contributed by atoms with Crippen molar-refractivity contribution in [3.05, 3.63) is 0 Å². The molecule has 0 spiro atoms. The fourth-order valence-corrected chi connectivity index (χ4v) is 13.6. The highest BCUT2D eigenvalue weighted by atomic mass is 16.5. The number of aliphatic hydroxyl groups is 5. The first kappa shape index (κ1) is 85.5. The van der Waals surface area contributed by atoms with E-state index in [-0.39, 0.29) is 12.2 Å². The highest BCUT2D eigenvalue weighted by molar-refractivity contribution is 4.82. The smallest absolute Gasteiger partial charge is 0.0828 e. The molecule has 0 saturated carbocycles. The van der Waals surface area contributed by atoms with Crippen LogP contribution in [0, 0.1) is 0 Å². The van der Waals surface area contributed by atoms with Crippen LogP contribution in [0.5, 0.6) is 0 Å². The summed E-state index contributed by atoms with van der Waals surface area (Å²) in [7, 11) is 0. The number of piperazine rings is 1. The lowest BCUT2D eigenvalue weighted by molar-refractivity contribution is -0.0234. The van der Waals surface area contributed by atoms with Crippen LogP contribution < -0.4 is 0 Å². The number of nitrogens with zero attached hydrogens (tertiary/aromatic N) is 5. The Morgan fingerprint density at radius 3 is 0.784 bits per heavy atom. The van der Waals surface area contributed by atoms with Gasteiger partial charge in [0, 0.05) is 111 Å². The Bertz CT molecular complexity index is 1330. The van der Waals surface area contributed by atoms with Crippen LogP contribution in [-0.2, 0) is 9.47 Å². The van der Waals surface area contributed by atoms with Gasteiger partial charge in [-0.1, -0.05) is 291 Å². The molecule has 1 heterocycles. The molecule has 1 saturated heterocycles. The van der Waals surface area contributed by atoms with Gasteiger partial charge in [0.2, 0.25) is 0 Å². The van der Waals surface area contributed by atoms with Crippen molar-refractivity contribution in [2.45, 2.75) is 380 Å². The Balaban J connectivity index is 3.15. The van der Waals surface area contributed by atoms with Crippen LogP contribution in [0.3, 0.4) is 0 Å². The molecule has 0 aromatic rings. The first-order valence-corrected chi connectivity index (χ1v) is 39.2. The summed E-state index contributed by atoms with van der Waals surface area (Å²) in [6.45, 7) is 28.2. The summed E-state index contributed by atoms with van der Waals surface area (Å²) in [6, 6.07) is 0. The lowest BCUT2D eigenvalue weighted by atomic mass is 10.0. The molecule has 5 N–H and O–H groups in total. The van der Waals surface area contributed by atoms with Gasteiger partial charge in [0.05, 0.1) is 42.7 Å². The van der Waals surface area contributed by atoms with Crippen LogP contribution in [0.1, 0.15) is 337 Å². The van der Waals surface area contributed by atoms with Crippen molar-refractivity contribution in [1.82, 2.24) is 24.5 Å². The normalized spacial score (nSPS) is 16.1. The van der Waals surface area contributed by atoms with E-state index in [4.69, 9.17) is 9.47 Å². The molecule has 0 amide bonds. The minimum Gasteiger partial charge on any atom is -0.392 e. The van der Waals surface area contributed by atoms with E-state index in [0.717, 1.165) is 110 Å². The van der Waals surface area contributed by atoms with E-state index in [1.165, 1.54) is 225 Å². The van der Waals surface area contributed by atoms with Crippen molar-refractivity contribution < 1.29 is 35.0 Å². The van der Waals surface area contributed by atoms with Gasteiger partial charge in [0.25, 0.3) is 0 Å². The summed E-state index contributed by atoms with van der Waals surface area (Å²) < 4.78 is 13.1. The average molecular weight is 1250 g/mol. The van der Waals surface area contributed by atoms with Crippen molar-refractivity contribution in [2.24, 2.45) is 0 Å². The second kappa shape index (κ2) is 63.9. The topological polar surface area (TPSA) is 136 Å². The third-order valence-corrected chi connectivity index (χ3v) is 19.1. The molecule has 7 atom stereocenters. The van der Waals surface area contributed by atoms with Crippen molar-refractivity contribution in [2.75, 3.05) is 111 Å². The third kappa shape index (κ3) is 53.8. The van der Waals surface area contributed by atoms with Gasteiger partial charge in [0.15, 0.2) is 0 Å². The van der Waals surface area contributed by atoms with Crippen LogP contribution in [0.2, 0.25) is 0 Å². The fraction of sp³-hybridized carbons (Fsp3) is 1.00. The molecular formula is C76H157N5O7. The molecule has 0 bridgehead atoms. The molecule has 0 aromatic heterocycles. The van der Waals surface area contributed by atoms with E-state index >= 15 is 0 Å². The summed E-state index contributed by atoms with van der Waals surface area (Å²) in [4.78, 5) is 12.3. The van der Waals surface area contributed by atoms with Gasteiger partial charge in [-0.2, -0.15) is 0 Å². The maximum atomic E-state index is 11.7. The Kier molecular flexibility index (Phi) is 62.1. The van der Waals surface area contributed by atoms with Gasteiger partial charge in [-0.3, -0.25) is 24.5 Å². The van der Waals surface area contributed by atoms with Crippen molar-refractivity contribution in [1.29, 1.82) is 0 Å². The van der Waals surface area contributed by atoms with Crippen molar-refractivity contribution >= 4 is 0 Å². The summed E-state index contributed by atoms with van der Waals surface area (Å²) in [6.07, 6.45) is 52.0. The lowest BCUT2D eigenvalue weighted by Crippen LogP contribution is -2.53. The Hall–Kier alpha value is -0.480. The molecule has 1 rings (SSSR count). The van der Waals surface area contributed by atoms with Crippen molar-refractivity contribution in [3.8, 4) is 0 Å². The monoisotopic (exact) mass is 1250 g/mol. The molecule has 7 unspecified atom stereocenters. The predicted octanol–water partition coefficient (Wildman–Crippen LogP) is 16.8. The van der Waals surface area contributed by atoms with E-state index in [1.807, 2.05) is 0 Å². The fourth-order valence-electron chi connectivity index (χ4n) is 13.6. The van der Waals surface area contributed by atoms with E-state index in [1.54, 1.807) is 0 Å². The molecule has 528 valence electrons. The van der Waals surface area contributed by atoms with Gasteiger partial charge < -0.3 is 35.0 Å². The summed E-state index contributed by atoms with van der Waals surface area (Å²) >= 11 is 0. The van der Waals surface area contributed by atoms with Gasteiger partial charge in [-0.15, -0.1) is 0 Å². The molecule has 0 aromatic carbocycles. The molecule has 0 radical (unpaired) electrons. The minimum atomic E-state index is -0.437. The zero-order valence-corrected chi connectivity index (χ0v) is 60.2. The predicted molar refractivity (Wildman–Crippen MR) is 379 cm³/mol. The molecule has 1 fully saturated rings. The first-order valence-electron chi connectivity index (χ1n) is 39.2. The zero-order valence-electron chi connectivity index (χ0n) is 60.2. The van der Waals surface area contributed by atoms with Gasteiger partial charge in [0.1, 0.15) is 0 Å². The molecule has 1 aliphatic heterocycles. The minimum absolute atomic E-state index is 0.00673. The largest absolute Gasteiger partial charge is 0.392 e. The lowest BCUT2D eigenvalue weighted by Gasteiger charge is -2.39. The van der Waals surface area contributed by atoms with Crippen molar-refractivity contribution in [3.63, 3.8) is 0 Å². The first-order chi connectivity index (χ1) is 43.0. The van der Waals surface area contributed by atoms with Crippen LogP contribution >= 0.6 is 0 Å². The van der Waals surface area contributed by atoms with Crippen LogP contribution in [0.4, 0.5) is 0 Å². The van der Waals surface area contributed by atoms with E-state index in [2.05, 4.69) is 73.0 Å². The second-order valence-electron chi connectivity index (χ2n) is 28.1. The maximum Gasteiger partial charge on any atom is 0.0828 e. The summed E-state index contributed by atoms with van der Waals surface area (Å²) in [5.41, 5.74) is 0. The number of unbranched alkanes of at least 4 members (excludes halogenated alkanes) is 35. The number of aliphatic hydroxyl groups excluding tert-OH is 5. The van der Waals surface area contributed by atoms with Gasteiger partial charge >= 0.3 is 0 Å². The van der Waals surface area contributed by atoms with E-state index < -0.39 is 30.5 Å². The molecule has 1 aliphatic rings. The SMILES string of the molecule is CCCCCCCCCCC(O)CN(CCN1CCN(CC(CN(CC(O)CCCCCCCCCC)CC(O)CCCCCCCCCC)OCC)CC1)CC(CN(CC(O)CCCCCCCCCC)CC(O)CCCCCCCCCC)OCC. The van der Waals surface area contributed by atoms with Gasteiger partial charge in [-0.25, -0.2) is 0 Å². The average Bonchev–Trinajstić information content (AvgIpc) is 3.57. The Morgan fingerprint density at radius 2 is 0.500 bits per heavy atom. The van der Waals surface area contributed by atoms with Crippen LogP contribution in [0.25, 0.3) is 0 Å². The number of hydrogen-bond donors (Lipinski definition) is 5. The third-order valence-electron chi connectivity index (χ3n) is 19.1. The number of ether oxygens (including phenoxy) is 2. The molecular weight excluding hydrogens is 1090 g/mol. The molecule has 12 heteroatoms. The van der Waals surface area contributed by atoms with E-state index in [9.17, 15) is 25.5 Å². The molecule has 88 heavy (non-hydrogen) atoms. The second-order valence-corrected chi connectivity index (χ2v) is 28.1. The summed E-state index contributed by atoms with van der Waals surface area (Å²) in [5.74, 6) is 0. The van der Waals surface area contributed by atoms with Crippen LogP contribution in [-0.4, -0.2) is 204 Å². The van der Waals surface area contributed by atoms with E-state index in [0.29, 0.717) is 65.6 Å². The number of rotatable bonds is 70. The Morgan fingerprint density at radius 1 is 0.273 bits per heavy atom. The quantitative estimate of drug-likeness (QED) is 0.0371. The standard InChI is InChI=1S/C76H157N5O7/c1-8-15-20-25-30-35-40-45-50-70(82)61-79(67-76(88-14-7)69-81(64-73(85)53-48-43-38-33-28-23-18-11-4)65-74(86)54-49-44-39-34-29-24-19-12-5)60-57-77-55-58-78(59-56-77)66-75(87-13-6)68-80(62-71(83)51-46-41-36-31-26-21-16-9-2)63-72(84)52-47-42-37-32-27-22-17-10-3/h70-76,82-86H,8-69H2,1-7H3. The number of hydrogen-bond acceptors (Lipinski definition) is 12. The maximum absolute atomic E-state index is 11.7. The zero-order chi connectivity index (χ0) is 64.2. The molecule has 0 aliphatic carbocycles. The van der Waals surface area contributed by atoms with Crippen LogP contribution in [0.15, 0.2) is 0 Å². The Labute approximate surface area is 548 Å². The van der Waals surface area contributed by atoms with Gasteiger partial charge in [-0.05, 0) is 46.0 Å². The highest BCUT2D eigenvalue weighted by Gasteiger charge is 2.27. The highest BCUT2D eigenvalue weighted by Crippen LogP contribution is 2.20. The molecule has 12 nitrogen and oxygen atoms in total.